The number of rotatable bonds is 6. The lowest BCUT2D eigenvalue weighted by atomic mass is 10.1. The van der Waals surface area contributed by atoms with Crippen LogP contribution in [0.2, 0.25) is 0 Å². The molecule has 0 radical (unpaired) electrons. The van der Waals surface area contributed by atoms with E-state index in [1.165, 1.54) is 5.56 Å². The van der Waals surface area contributed by atoms with Crippen LogP contribution in [0.5, 0.6) is 0 Å². The molecule has 1 heterocycles. The summed E-state index contributed by atoms with van der Waals surface area (Å²) in [5.74, 6) is 0.248. The number of benzene rings is 1. The maximum absolute atomic E-state index is 12.0. The fourth-order valence-corrected chi connectivity index (χ4v) is 2.65. The van der Waals surface area contributed by atoms with Crippen LogP contribution in [-0.2, 0) is 16.0 Å². The maximum atomic E-state index is 12.0. The molecule has 110 valence electrons. The minimum absolute atomic E-state index is 0.0867. The lowest BCUT2D eigenvalue weighted by Crippen LogP contribution is -2.40. The summed E-state index contributed by atoms with van der Waals surface area (Å²) >= 11 is 0. The number of likely N-dealkylation sites (tertiary alicyclic amines) is 1. The van der Waals surface area contributed by atoms with E-state index in [4.69, 9.17) is 4.74 Å². The van der Waals surface area contributed by atoms with E-state index in [9.17, 15) is 4.79 Å². The molecular weight excluding hydrogens is 250 g/mol. The molecule has 0 aliphatic carbocycles. The van der Waals surface area contributed by atoms with Crippen molar-refractivity contribution in [3.8, 4) is 0 Å². The first kappa shape index (κ1) is 15.0. The van der Waals surface area contributed by atoms with Crippen molar-refractivity contribution < 1.29 is 9.53 Å². The van der Waals surface area contributed by atoms with Crippen LogP contribution in [0, 0.1) is 0 Å². The fraction of sp³-hybridized carbons (Fsp3) is 0.588. The third-order valence-electron chi connectivity index (χ3n) is 3.86. The van der Waals surface area contributed by atoms with Gasteiger partial charge in [-0.15, -0.1) is 0 Å². The first-order valence-electron chi connectivity index (χ1n) is 7.72. The molecule has 0 N–H and O–H groups in total. The summed E-state index contributed by atoms with van der Waals surface area (Å²) in [7, 11) is 0. The molecule has 2 rings (SSSR count). The van der Waals surface area contributed by atoms with Crippen LogP contribution >= 0.6 is 0 Å². The van der Waals surface area contributed by atoms with Gasteiger partial charge < -0.3 is 9.64 Å². The van der Waals surface area contributed by atoms with Crippen molar-refractivity contribution in [2.75, 3.05) is 13.2 Å². The van der Waals surface area contributed by atoms with Gasteiger partial charge in [0.1, 0.15) is 6.23 Å². The average molecular weight is 275 g/mol. The van der Waals surface area contributed by atoms with Gasteiger partial charge in [-0.05, 0) is 38.2 Å². The zero-order chi connectivity index (χ0) is 14.2. The lowest BCUT2D eigenvalue weighted by Gasteiger charge is -2.27. The number of hydrogen-bond donors (Lipinski definition) is 0. The maximum Gasteiger partial charge on any atom is 0.224 e. The molecule has 0 spiro atoms. The first-order valence-corrected chi connectivity index (χ1v) is 7.72. The summed E-state index contributed by atoms with van der Waals surface area (Å²) in [6.07, 6.45) is 5.90. The Morgan fingerprint density at radius 1 is 1.20 bits per heavy atom. The molecule has 1 amide bonds. The van der Waals surface area contributed by atoms with Crippen molar-refractivity contribution in [3.63, 3.8) is 0 Å². The highest BCUT2D eigenvalue weighted by Gasteiger charge is 2.21. The molecule has 0 bridgehead atoms. The largest absolute Gasteiger partial charge is 0.359 e. The van der Waals surface area contributed by atoms with Crippen LogP contribution in [0.3, 0.4) is 0 Å². The normalized spacial score (nSPS) is 17.9. The highest BCUT2D eigenvalue weighted by atomic mass is 16.5. The Morgan fingerprint density at radius 2 is 2.00 bits per heavy atom. The Kier molecular flexibility index (Phi) is 6.06. The minimum Gasteiger partial charge on any atom is -0.359 e. The number of hydrogen-bond acceptors (Lipinski definition) is 2. The van der Waals surface area contributed by atoms with Gasteiger partial charge in [0, 0.05) is 19.6 Å². The molecule has 1 atom stereocenters. The Bertz CT molecular complexity index is 405. The molecule has 20 heavy (non-hydrogen) atoms. The van der Waals surface area contributed by atoms with Gasteiger partial charge >= 0.3 is 0 Å². The number of nitrogens with zero attached hydrogens (tertiary/aromatic N) is 1. The van der Waals surface area contributed by atoms with E-state index in [1.54, 1.807) is 0 Å². The van der Waals surface area contributed by atoms with Crippen molar-refractivity contribution in [2.24, 2.45) is 0 Å². The predicted molar refractivity (Wildman–Crippen MR) is 80.4 cm³/mol. The number of carbonyl (C=O) groups excluding carboxylic acids is 1. The predicted octanol–water partition coefficient (Wildman–Crippen LogP) is 3.38. The highest BCUT2D eigenvalue weighted by molar-refractivity contribution is 5.76. The van der Waals surface area contributed by atoms with Crippen LogP contribution in [0.25, 0.3) is 0 Å². The second-order valence-electron chi connectivity index (χ2n) is 5.46. The quantitative estimate of drug-likeness (QED) is 0.745. The van der Waals surface area contributed by atoms with E-state index in [2.05, 4.69) is 24.3 Å². The van der Waals surface area contributed by atoms with Gasteiger partial charge in [0.2, 0.25) is 5.91 Å². The van der Waals surface area contributed by atoms with Gasteiger partial charge in [-0.3, -0.25) is 4.79 Å². The molecule has 1 aromatic rings. The second-order valence-corrected chi connectivity index (χ2v) is 5.46. The molecule has 3 nitrogen and oxygen atoms in total. The monoisotopic (exact) mass is 275 g/mol. The number of carbonyl (C=O) groups is 1. The van der Waals surface area contributed by atoms with Crippen LogP contribution < -0.4 is 0 Å². The molecule has 1 aromatic carbocycles. The Balaban J connectivity index is 1.69. The Labute approximate surface area is 121 Å². The summed E-state index contributed by atoms with van der Waals surface area (Å²) in [4.78, 5) is 13.9. The van der Waals surface area contributed by atoms with E-state index >= 15 is 0 Å². The van der Waals surface area contributed by atoms with Crippen LogP contribution in [0.4, 0.5) is 0 Å². The van der Waals surface area contributed by atoms with E-state index in [0.29, 0.717) is 13.0 Å². The van der Waals surface area contributed by atoms with Gasteiger partial charge in [0.25, 0.3) is 0 Å². The van der Waals surface area contributed by atoms with Gasteiger partial charge in [-0.2, -0.15) is 0 Å². The van der Waals surface area contributed by atoms with Gasteiger partial charge in [-0.25, -0.2) is 0 Å². The fourth-order valence-electron chi connectivity index (χ4n) is 2.65. The Hall–Kier alpha value is -1.35. The number of aryl methyl sites for hydroxylation is 1. The molecule has 1 aliphatic rings. The molecule has 0 saturated carbocycles. The van der Waals surface area contributed by atoms with Gasteiger partial charge in [0.05, 0.1) is 0 Å². The van der Waals surface area contributed by atoms with E-state index in [-0.39, 0.29) is 12.1 Å². The molecule has 1 fully saturated rings. The molecule has 1 unspecified atom stereocenters. The van der Waals surface area contributed by atoms with E-state index < -0.39 is 0 Å². The van der Waals surface area contributed by atoms with Crippen molar-refractivity contribution in [2.45, 2.75) is 51.7 Å². The van der Waals surface area contributed by atoms with Crippen molar-refractivity contribution in [3.05, 3.63) is 35.9 Å². The van der Waals surface area contributed by atoms with Gasteiger partial charge in [0.15, 0.2) is 0 Å². The third-order valence-corrected chi connectivity index (χ3v) is 3.86. The minimum atomic E-state index is -0.0867. The first-order chi connectivity index (χ1) is 9.77. The molecule has 1 saturated heterocycles. The van der Waals surface area contributed by atoms with Crippen molar-refractivity contribution >= 4 is 5.91 Å². The highest BCUT2D eigenvalue weighted by Crippen LogP contribution is 2.15. The summed E-state index contributed by atoms with van der Waals surface area (Å²) in [5.41, 5.74) is 1.34. The zero-order valence-corrected chi connectivity index (χ0v) is 12.4. The zero-order valence-electron chi connectivity index (χ0n) is 12.4. The van der Waals surface area contributed by atoms with Crippen molar-refractivity contribution in [1.29, 1.82) is 0 Å². The Morgan fingerprint density at radius 3 is 2.80 bits per heavy atom. The molecule has 3 heteroatoms. The summed E-state index contributed by atoms with van der Waals surface area (Å²) in [6.45, 7) is 3.55. The SMILES string of the molecule is CC(OCCCc1ccccc1)N1CCCCCC1=O. The number of ether oxygens (including phenoxy) is 1. The smallest absolute Gasteiger partial charge is 0.224 e. The standard InChI is InChI=1S/C17H25NO2/c1-15(18-13-7-3-6-12-17(18)19)20-14-8-11-16-9-4-2-5-10-16/h2,4-5,9-10,15H,3,6-8,11-14H2,1H3. The topological polar surface area (TPSA) is 29.5 Å². The van der Waals surface area contributed by atoms with Crippen LogP contribution in [0.15, 0.2) is 30.3 Å². The summed E-state index contributed by atoms with van der Waals surface area (Å²) < 4.78 is 5.83. The summed E-state index contributed by atoms with van der Waals surface area (Å²) in [5, 5.41) is 0. The second kappa shape index (κ2) is 8.05. The van der Waals surface area contributed by atoms with Crippen molar-refractivity contribution in [1.82, 2.24) is 4.90 Å². The molecule has 0 aromatic heterocycles. The van der Waals surface area contributed by atoms with E-state index in [0.717, 1.165) is 38.6 Å². The number of amides is 1. The van der Waals surface area contributed by atoms with Gasteiger partial charge in [-0.1, -0.05) is 36.8 Å². The third kappa shape index (κ3) is 4.64. The van der Waals surface area contributed by atoms with Crippen LogP contribution in [-0.4, -0.2) is 30.2 Å². The van der Waals surface area contributed by atoms with E-state index in [1.807, 2.05) is 17.9 Å². The molecule has 1 aliphatic heterocycles. The van der Waals surface area contributed by atoms with Crippen LogP contribution in [0.1, 0.15) is 44.6 Å². The summed E-state index contributed by atoms with van der Waals surface area (Å²) in [6, 6.07) is 10.4. The lowest BCUT2D eigenvalue weighted by molar-refractivity contribution is -0.144. The molecular formula is C17H25NO2. The average Bonchev–Trinajstić information content (AvgIpc) is 2.69.